The van der Waals surface area contributed by atoms with Crippen LogP contribution in [0.2, 0.25) is 0 Å². The molecule has 2 aromatic rings. The van der Waals surface area contributed by atoms with Gasteiger partial charge in [0.1, 0.15) is 0 Å². The Morgan fingerprint density at radius 2 is 1.68 bits per heavy atom. The zero-order valence-electron chi connectivity index (χ0n) is 20.9. The van der Waals surface area contributed by atoms with E-state index in [0.717, 1.165) is 25.9 Å². The monoisotopic (exact) mass is 511 g/mol. The lowest BCUT2D eigenvalue weighted by atomic mass is 10.1. The van der Waals surface area contributed by atoms with Gasteiger partial charge in [0, 0.05) is 30.1 Å². The van der Waals surface area contributed by atoms with E-state index < -0.39 is 17.7 Å². The molecule has 1 heterocycles. The quantitative estimate of drug-likeness (QED) is 0.283. The molecule has 4 amide bonds. The van der Waals surface area contributed by atoms with Crippen LogP contribution < -0.4 is 31.7 Å². The number of phenols is 1. The Morgan fingerprint density at radius 3 is 2.30 bits per heavy atom. The Morgan fingerprint density at radius 1 is 1.00 bits per heavy atom. The van der Waals surface area contributed by atoms with Crippen molar-refractivity contribution in [2.24, 2.45) is 5.73 Å². The molecular formula is C26H33N5O6. The Hall–Kier alpha value is -4.12. The van der Waals surface area contributed by atoms with Gasteiger partial charge < -0.3 is 36.8 Å². The molecule has 7 N–H and O–H groups in total. The van der Waals surface area contributed by atoms with Crippen LogP contribution in [0.3, 0.4) is 0 Å². The number of phenolic OH excluding ortho intramolecular Hbond substituents is 1. The Labute approximate surface area is 215 Å². The van der Waals surface area contributed by atoms with Crippen LogP contribution in [0, 0.1) is 0 Å². The van der Waals surface area contributed by atoms with Crippen molar-refractivity contribution in [2.75, 3.05) is 23.7 Å². The number of aromatic hydroxyl groups is 1. The van der Waals surface area contributed by atoms with Crippen molar-refractivity contribution in [1.29, 1.82) is 0 Å². The maximum absolute atomic E-state index is 12.9. The highest BCUT2D eigenvalue weighted by Crippen LogP contribution is 2.39. The molecule has 37 heavy (non-hydrogen) atoms. The lowest BCUT2D eigenvalue weighted by molar-refractivity contribution is -0.122. The summed E-state index contributed by atoms with van der Waals surface area (Å²) < 4.78 is 5.76. The number of nitrogens with two attached hydrogens (primary N) is 1. The smallest absolute Gasteiger partial charge is 0.255 e. The molecule has 0 atom stereocenters. The van der Waals surface area contributed by atoms with E-state index in [-0.39, 0.29) is 59.2 Å². The minimum atomic E-state index is -0.565. The van der Waals surface area contributed by atoms with Crippen LogP contribution in [0.5, 0.6) is 11.5 Å². The Kier molecular flexibility index (Phi) is 9.45. The number of piperidine rings is 1. The highest BCUT2D eigenvalue weighted by molar-refractivity contribution is 6.07. The van der Waals surface area contributed by atoms with E-state index in [9.17, 15) is 24.3 Å². The highest BCUT2D eigenvalue weighted by Gasteiger charge is 2.24. The highest BCUT2D eigenvalue weighted by atomic mass is 16.5. The predicted octanol–water partition coefficient (Wildman–Crippen LogP) is 2.12. The summed E-state index contributed by atoms with van der Waals surface area (Å²) in [5, 5.41) is 22.4. The number of carbonyl (C=O) groups excluding carboxylic acids is 4. The molecule has 0 radical (unpaired) electrons. The van der Waals surface area contributed by atoms with Gasteiger partial charge in [-0.15, -0.1) is 0 Å². The van der Waals surface area contributed by atoms with Gasteiger partial charge in [-0.25, -0.2) is 0 Å². The van der Waals surface area contributed by atoms with E-state index >= 15 is 0 Å². The standard InChI is InChI=1S/C26H33N5O6/c1-15(2)37-24-20(8-7-19(23(24)34)26(36)30-18-11-13-28-14-12-18)31-25(35)16-3-5-17(6-4-16)29-22(33)10-9-21(27)32/h3-8,15,18,28,34H,9-14H2,1-2H3,(H2,27,32)(H,29,33)(H,30,36)(H,31,35). The molecule has 0 bridgehead atoms. The fraction of sp³-hybridized carbons (Fsp3) is 0.385. The number of hydrogen-bond acceptors (Lipinski definition) is 7. The van der Waals surface area contributed by atoms with Gasteiger partial charge >= 0.3 is 0 Å². The fourth-order valence-electron chi connectivity index (χ4n) is 3.80. The van der Waals surface area contributed by atoms with E-state index in [1.165, 1.54) is 24.3 Å². The van der Waals surface area contributed by atoms with E-state index in [4.69, 9.17) is 10.5 Å². The molecule has 0 spiro atoms. The first-order valence-electron chi connectivity index (χ1n) is 12.2. The molecule has 1 aliphatic rings. The SMILES string of the molecule is CC(C)Oc1c(NC(=O)c2ccc(NC(=O)CCC(N)=O)cc2)ccc(C(=O)NC2CCNCC2)c1O. The molecule has 198 valence electrons. The van der Waals surface area contributed by atoms with Gasteiger partial charge in [-0.3, -0.25) is 19.2 Å². The normalized spacial score (nSPS) is 13.6. The van der Waals surface area contributed by atoms with Crippen LogP contribution >= 0.6 is 0 Å². The molecule has 0 aliphatic carbocycles. The lowest BCUT2D eigenvalue weighted by Crippen LogP contribution is -2.42. The number of ether oxygens (including phenoxy) is 1. The van der Waals surface area contributed by atoms with Gasteiger partial charge in [-0.05, 0) is 76.2 Å². The summed E-state index contributed by atoms with van der Waals surface area (Å²) in [5.41, 5.74) is 6.06. The zero-order valence-corrected chi connectivity index (χ0v) is 20.9. The van der Waals surface area contributed by atoms with Gasteiger partial charge in [0.2, 0.25) is 11.8 Å². The van der Waals surface area contributed by atoms with Gasteiger partial charge in [0.05, 0.1) is 17.4 Å². The number of hydrogen-bond donors (Lipinski definition) is 6. The Bertz CT molecular complexity index is 1140. The molecule has 2 aromatic carbocycles. The maximum atomic E-state index is 12.9. The summed E-state index contributed by atoms with van der Waals surface area (Å²) in [6.07, 6.45) is 1.17. The van der Waals surface area contributed by atoms with Crippen LogP contribution in [0.25, 0.3) is 0 Å². The number of benzene rings is 2. The molecule has 3 rings (SSSR count). The number of rotatable bonds is 10. The van der Waals surface area contributed by atoms with Crippen LogP contribution in [-0.2, 0) is 9.59 Å². The summed E-state index contributed by atoms with van der Waals surface area (Å²) in [6.45, 7) is 5.16. The number of anilines is 2. The molecular weight excluding hydrogens is 478 g/mol. The third-order valence-electron chi connectivity index (χ3n) is 5.68. The van der Waals surface area contributed by atoms with Crippen molar-refractivity contribution in [3.63, 3.8) is 0 Å². The molecule has 11 heteroatoms. The second kappa shape index (κ2) is 12.7. The van der Waals surface area contributed by atoms with E-state index in [1.807, 2.05) is 0 Å². The number of nitrogens with one attached hydrogen (secondary N) is 4. The number of amides is 4. The molecule has 0 saturated carbocycles. The summed E-state index contributed by atoms with van der Waals surface area (Å²) in [4.78, 5) is 48.4. The summed E-state index contributed by atoms with van der Waals surface area (Å²) in [7, 11) is 0. The van der Waals surface area contributed by atoms with E-state index in [0.29, 0.717) is 5.69 Å². The van der Waals surface area contributed by atoms with Crippen molar-refractivity contribution in [2.45, 2.75) is 51.7 Å². The first kappa shape index (κ1) is 27.5. The molecule has 11 nitrogen and oxygen atoms in total. The summed E-state index contributed by atoms with van der Waals surface area (Å²) in [6, 6.07) is 9.10. The Balaban J connectivity index is 1.72. The minimum Gasteiger partial charge on any atom is -0.504 e. The van der Waals surface area contributed by atoms with E-state index in [1.54, 1.807) is 26.0 Å². The second-order valence-electron chi connectivity index (χ2n) is 9.05. The number of carbonyl (C=O) groups is 4. The third-order valence-corrected chi connectivity index (χ3v) is 5.68. The first-order chi connectivity index (χ1) is 17.6. The van der Waals surface area contributed by atoms with Crippen molar-refractivity contribution in [1.82, 2.24) is 10.6 Å². The van der Waals surface area contributed by atoms with Gasteiger partial charge in [-0.2, -0.15) is 0 Å². The largest absolute Gasteiger partial charge is 0.504 e. The molecule has 0 aromatic heterocycles. The van der Waals surface area contributed by atoms with E-state index in [2.05, 4.69) is 21.3 Å². The summed E-state index contributed by atoms with van der Waals surface area (Å²) in [5.74, 6) is -2.18. The van der Waals surface area contributed by atoms with Crippen LogP contribution in [0.4, 0.5) is 11.4 Å². The average Bonchev–Trinajstić information content (AvgIpc) is 2.85. The van der Waals surface area contributed by atoms with Crippen molar-refractivity contribution >= 4 is 35.0 Å². The molecule has 1 saturated heterocycles. The first-order valence-corrected chi connectivity index (χ1v) is 12.2. The van der Waals surface area contributed by atoms with Crippen LogP contribution in [0.15, 0.2) is 36.4 Å². The van der Waals surface area contributed by atoms with Gasteiger partial charge in [0.25, 0.3) is 11.8 Å². The average molecular weight is 512 g/mol. The van der Waals surface area contributed by atoms with Crippen molar-refractivity contribution in [3.05, 3.63) is 47.5 Å². The zero-order chi connectivity index (χ0) is 26.9. The topological polar surface area (TPSA) is 172 Å². The predicted molar refractivity (Wildman–Crippen MR) is 139 cm³/mol. The molecule has 1 fully saturated rings. The second-order valence-corrected chi connectivity index (χ2v) is 9.05. The van der Waals surface area contributed by atoms with Gasteiger partial charge in [0.15, 0.2) is 11.5 Å². The fourth-order valence-corrected chi connectivity index (χ4v) is 3.80. The third kappa shape index (κ3) is 7.94. The molecule has 1 aliphatic heterocycles. The van der Waals surface area contributed by atoms with Crippen molar-refractivity contribution in [3.8, 4) is 11.5 Å². The summed E-state index contributed by atoms with van der Waals surface area (Å²) >= 11 is 0. The lowest BCUT2D eigenvalue weighted by Gasteiger charge is -2.24. The minimum absolute atomic E-state index is 0.000328. The molecule has 0 unspecified atom stereocenters. The van der Waals surface area contributed by atoms with Crippen molar-refractivity contribution < 1.29 is 29.0 Å². The van der Waals surface area contributed by atoms with Crippen LogP contribution in [0.1, 0.15) is 60.2 Å². The van der Waals surface area contributed by atoms with Crippen LogP contribution in [-0.4, -0.2) is 54.0 Å². The number of primary amides is 1. The van der Waals surface area contributed by atoms with Gasteiger partial charge in [-0.1, -0.05) is 0 Å². The maximum Gasteiger partial charge on any atom is 0.255 e.